The van der Waals surface area contributed by atoms with Crippen molar-refractivity contribution in [1.29, 1.82) is 0 Å². The van der Waals surface area contributed by atoms with E-state index in [1.54, 1.807) is 6.08 Å². The fourth-order valence-electron chi connectivity index (χ4n) is 10.9. The molecular formula is C68H129NO10. The Morgan fingerprint density at radius 3 is 1.23 bits per heavy atom. The molecule has 1 saturated heterocycles. The summed E-state index contributed by atoms with van der Waals surface area (Å²) < 4.78 is 16.7. The predicted octanol–water partition coefficient (Wildman–Crippen LogP) is 16.8. The molecule has 7 atom stereocenters. The van der Waals surface area contributed by atoms with E-state index >= 15 is 0 Å². The largest absolute Gasteiger partial charge is 0.466 e. The third-order valence-electron chi connectivity index (χ3n) is 16.3. The van der Waals surface area contributed by atoms with Crippen LogP contribution in [0.15, 0.2) is 24.3 Å². The minimum Gasteiger partial charge on any atom is -0.466 e. The number of aliphatic hydroxyl groups is 5. The number of carbonyl (C=O) groups excluding carboxylic acids is 2. The Kier molecular flexibility index (Phi) is 55.1. The molecule has 11 heteroatoms. The number of allylic oxidation sites excluding steroid dienone is 3. The van der Waals surface area contributed by atoms with E-state index in [1.165, 1.54) is 250 Å². The molecule has 1 rings (SSSR count). The van der Waals surface area contributed by atoms with E-state index in [0.29, 0.717) is 19.4 Å². The fourth-order valence-corrected chi connectivity index (χ4v) is 10.9. The average molecular weight is 1120 g/mol. The van der Waals surface area contributed by atoms with Crippen molar-refractivity contribution in [3.63, 3.8) is 0 Å². The SMILES string of the molecule is CCCCCC/C=C\CCCCCCCC(=O)OCCCCCCCCCCCCCCCCCCCCCCCCCCCCCCCC(=O)NC(COC1OC(CO)C(O)C(O)C1O)C(O)/C=C/CCCCCCCCC. The van der Waals surface area contributed by atoms with Crippen LogP contribution in [0.1, 0.15) is 335 Å². The highest BCUT2D eigenvalue weighted by Crippen LogP contribution is 2.23. The van der Waals surface area contributed by atoms with E-state index in [1.807, 2.05) is 6.08 Å². The Morgan fingerprint density at radius 1 is 0.456 bits per heavy atom. The number of hydrogen-bond acceptors (Lipinski definition) is 10. The molecule has 466 valence electrons. The van der Waals surface area contributed by atoms with E-state index in [2.05, 4.69) is 31.3 Å². The summed E-state index contributed by atoms with van der Waals surface area (Å²) in [6, 6.07) is -0.805. The summed E-state index contributed by atoms with van der Waals surface area (Å²) in [5.41, 5.74) is 0. The molecule has 0 radical (unpaired) electrons. The second-order valence-electron chi connectivity index (χ2n) is 23.9. The minimum atomic E-state index is -1.57. The first-order chi connectivity index (χ1) is 38.7. The second-order valence-corrected chi connectivity index (χ2v) is 23.9. The molecule has 1 heterocycles. The van der Waals surface area contributed by atoms with Crippen molar-refractivity contribution < 1.29 is 49.3 Å². The number of esters is 1. The Morgan fingerprint density at radius 2 is 0.810 bits per heavy atom. The number of hydrogen-bond donors (Lipinski definition) is 6. The van der Waals surface area contributed by atoms with Crippen molar-refractivity contribution in [2.75, 3.05) is 19.8 Å². The van der Waals surface area contributed by atoms with Crippen LogP contribution in [-0.4, -0.2) is 100 Å². The highest BCUT2D eigenvalue weighted by Gasteiger charge is 2.44. The first-order valence-corrected chi connectivity index (χ1v) is 34.1. The zero-order valence-electron chi connectivity index (χ0n) is 51.6. The highest BCUT2D eigenvalue weighted by atomic mass is 16.7. The summed E-state index contributed by atoms with van der Waals surface area (Å²) in [4.78, 5) is 25.1. The van der Waals surface area contributed by atoms with Crippen molar-refractivity contribution in [1.82, 2.24) is 5.32 Å². The number of carbonyl (C=O) groups is 2. The number of amides is 1. The molecule has 1 amide bonds. The third-order valence-corrected chi connectivity index (χ3v) is 16.3. The summed E-state index contributed by atoms with van der Waals surface area (Å²) in [5, 5.41) is 54.3. The molecular weight excluding hydrogens is 991 g/mol. The smallest absolute Gasteiger partial charge is 0.305 e. The molecule has 11 nitrogen and oxygen atoms in total. The average Bonchev–Trinajstić information content (AvgIpc) is 3.45. The molecule has 79 heavy (non-hydrogen) atoms. The Balaban J connectivity index is 1.91. The van der Waals surface area contributed by atoms with Crippen LogP contribution >= 0.6 is 0 Å². The molecule has 7 unspecified atom stereocenters. The van der Waals surface area contributed by atoms with Crippen LogP contribution in [0.3, 0.4) is 0 Å². The van der Waals surface area contributed by atoms with Crippen LogP contribution in [0.2, 0.25) is 0 Å². The van der Waals surface area contributed by atoms with Crippen LogP contribution in [0.25, 0.3) is 0 Å². The topological polar surface area (TPSA) is 175 Å². The number of ether oxygens (including phenoxy) is 3. The molecule has 0 aromatic rings. The van der Waals surface area contributed by atoms with Gasteiger partial charge < -0.3 is 45.1 Å². The standard InChI is InChI=1S/C68H129NO10/c1-3-5-7-9-11-13-14-32-36-40-44-48-52-56-64(73)77-57-53-49-45-41-37-34-31-29-27-25-23-21-19-17-15-16-18-20-22-24-26-28-30-33-35-39-43-47-51-55-63(72)69-60(61(71)54-50-46-42-38-12-10-8-6-4-2)59-78-68-67(76)66(75)65(74)62(58-70)79-68/h13-14,50,54,60-62,65-68,70-71,74-76H,3-12,15-49,51-53,55-59H2,1-2H3,(H,69,72)/b14-13-,54-50+. The molecule has 0 aliphatic carbocycles. The lowest BCUT2D eigenvalue weighted by molar-refractivity contribution is -0.302. The normalized spacial score (nSPS) is 18.5. The van der Waals surface area contributed by atoms with Crippen LogP contribution in [-0.2, 0) is 23.8 Å². The number of unbranched alkanes of at least 4 members (excludes halogenated alkanes) is 44. The van der Waals surface area contributed by atoms with Crippen molar-refractivity contribution in [2.24, 2.45) is 0 Å². The highest BCUT2D eigenvalue weighted by molar-refractivity contribution is 5.76. The summed E-state index contributed by atoms with van der Waals surface area (Å²) in [6.07, 6.45) is 61.8. The third kappa shape index (κ3) is 47.2. The maximum atomic E-state index is 13.0. The van der Waals surface area contributed by atoms with Gasteiger partial charge >= 0.3 is 5.97 Å². The molecule has 0 saturated carbocycles. The van der Waals surface area contributed by atoms with Crippen molar-refractivity contribution in [3.05, 3.63) is 24.3 Å². The first-order valence-electron chi connectivity index (χ1n) is 34.1. The van der Waals surface area contributed by atoms with Gasteiger partial charge in [-0.05, 0) is 57.8 Å². The zero-order chi connectivity index (χ0) is 57.3. The second kappa shape index (κ2) is 57.9. The molecule has 0 aromatic heterocycles. The van der Waals surface area contributed by atoms with E-state index < -0.39 is 49.5 Å². The molecule has 1 fully saturated rings. The van der Waals surface area contributed by atoms with Gasteiger partial charge in [0.15, 0.2) is 6.29 Å². The Hall–Kier alpha value is -1.86. The monoisotopic (exact) mass is 1120 g/mol. The lowest BCUT2D eigenvalue weighted by Crippen LogP contribution is -2.60. The van der Waals surface area contributed by atoms with Crippen molar-refractivity contribution in [2.45, 2.75) is 378 Å². The lowest BCUT2D eigenvalue weighted by atomic mass is 9.99. The zero-order valence-corrected chi connectivity index (χ0v) is 51.6. The Bertz CT molecular complexity index is 1360. The molecule has 1 aliphatic rings. The number of aliphatic hydroxyl groups excluding tert-OH is 5. The molecule has 6 N–H and O–H groups in total. The van der Waals surface area contributed by atoms with Gasteiger partial charge in [0.2, 0.25) is 5.91 Å². The van der Waals surface area contributed by atoms with Gasteiger partial charge in [-0.15, -0.1) is 0 Å². The molecule has 0 spiro atoms. The number of nitrogens with one attached hydrogen (secondary N) is 1. The minimum absolute atomic E-state index is 0.00179. The van der Waals surface area contributed by atoms with Gasteiger partial charge in [-0.1, -0.05) is 289 Å². The van der Waals surface area contributed by atoms with Gasteiger partial charge in [-0.2, -0.15) is 0 Å². The van der Waals surface area contributed by atoms with E-state index in [4.69, 9.17) is 14.2 Å². The van der Waals surface area contributed by atoms with Gasteiger partial charge in [0.05, 0.1) is 32.0 Å². The fraction of sp³-hybridized carbons (Fsp3) is 0.912. The maximum Gasteiger partial charge on any atom is 0.305 e. The first kappa shape index (κ1) is 75.2. The van der Waals surface area contributed by atoms with Gasteiger partial charge in [0.25, 0.3) is 0 Å². The van der Waals surface area contributed by atoms with Gasteiger partial charge in [0, 0.05) is 12.8 Å². The van der Waals surface area contributed by atoms with Crippen LogP contribution < -0.4 is 5.32 Å². The van der Waals surface area contributed by atoms with Crippen LogP contribution in [0, 0.1) is 0 Å². The van der Waals surface area contributed by atoms with Crippen molar-refractivity contribution in [3.8, 4) is 0 Å². The van der Waals surface area contributed by atoms with Crippen LogP contribution in [0.4, 0.5) is 0 Å². The summed E-state index contributed by atoms with van der Waals surface area (Å²) in [7, 11) is 0. The van der Waals surface area contributed by atoms with Gasteiger partial charge in [0.1, 0.15) is 24.4 Å². The molecule has 0 bridgehead atoms. The molecule has 1 aliphatic heterocycles. The van der Waals surface area contributed by atoms with Crippen molar-refractivity contribution >= 4 is 11.9 Å². The van der Waals surface area contributed by atoms with E-state index in [9.17, 15) is 35.1 Å². The number of rotatable bonds is 60. The molecule has 0 aromatic carbocycles. The van der Waals surface area contributed by atoms with E-state index in [0.717, 1.165) is 57.8 Å². The summed E-state index contributed by atoms with van der Waals surface area (Å²) >= 11 is 0. The van der Waals surface area contributed by atoms with Crippen LogP contribution in [0.5, 0.6) is 0 Å². The van der Waals surface area contributed by atoms with E-state index in [-0.39, 0.29) is 18.5 Å². The lowest BCUT2D eigenvalue weighted by Gasteiger charge is -2.40. The summed E-state index contributed by atoms with van der Waals surface area (Å²) in [5.74, 6) is -0.177. The Labute approximate surface area is 486 Å². The summed E-state index contributed by atoms with van der Waals surface area (Å²) in [6.45, 7) is 4.33. The van der Waals surface area contributed by atoms with Gasteiger partial charge in [-0.25, -0.2) is 0 Å². The predicted molar refractivity (Wildman–Crippen MR) is 329 cm³/mol. The quantitative estimate of drug-likeness (QED) is 0.0195. The van der Waals surface area contributed by atoms with Gasteiger partial charge in [-0.3, -0.25) is 9.59 Å². The maximum absolute atomic E-state index is 13.0.